The molecule has 0 amide bonds. The molecule has 2 rings (SSSR count). The Hall–Kier alpha value is -2.05. The van der Waals surface area contributed by atoms with Gasteiger partial charge >= 0.3 is 0 Å². The van der Waals surface area contributed by atoms with Crippen molar-refractivity contribution in [2.75, 3.05) is 39.6 Å². The van der Waals surface area contributed by atoms with Crippen LogP contribution in [0.3, 0.4) is 0 Å². The molecular weight excluding hydrogens is 322 g/mol. The van der Waals surface area contributed by atoms with Crippen LogP contribution in [0.15, 0.2) is 47.1 Å². The van der Waals surface area contributed by atoms with Crippen molar-refractivity contribution in [2.45, 2.75) is 13.0 Å². The van der Waals surface area contributed by atoms with E-state index < -0.39 is 0 Å². The quantitative estimate of drug-likeness (QED) is 0.772. The van der Waals surface area contributed by atoms with Crippen molar-refractivity contribution in [3.8, 4) is 5.75 Å². The van der Waals surface area contributed by atoms with Gasteiger partial charge in [0, 0.05) is 24.8 Å². The van der Waals surface area contributed by atoms with E-state index in [1.165, 1.54) is 0 Å². The summed E-state index contributed by atoms with van der Waals surface area (Å²) >= 11 is 5.65. The zero-order chi connectivity index (χ0) is 17.5. The molecule has 1 aromatic heterocycles. The van der Waals surface area contributed by atoms with Crippen LogP contribution in [0.5, 0.6) is 5.75 Å². The average molecular weight is 347 g/mol. The Kier molecular flexibility index (Phi) is 6.63. The van der Waals surface area contributed by atoms with Crippen molar-refractivity contribution in [3.63, 3.8) is 0 Å². The van der Waals surface area contributed by atoms with E-state index >= 15 is 0 Å². The molecule has 0 bridgehead atoms. The second kappa shape index (κ2) is 8.70. The molecule has 24 heavy (non-hydrogen) atoms. The number of nitrogens with zero attached hydrogens (tertiary/aromatic N) is 2. The monoisotopic (exact) mass is 347 g/mol. The molecule has 0 saturated carbocycles. The van der Waals surface area contributed by atoms with Gasteiger partial charge < -0.3 is 24.3 Å². The van der Waals surface area contributed by atoms with Crippen LogP contribution in [0, 0.1) is 0 Å². The predicted octanol–water partition coefficient (Wildman–Crippen LogP) is 3.61. The maximum absolute atomic E-state index is 5.65. The van der Waals surface area contributed by atoms with Crippen molar-refractivity contribution in [1.29, 1.82) is 0 Å². The van der Waals surface area contributed by atoms with Gasteiger partial charge in [0.2, 0.25) is 0 Å². The number of methoxy groups -OCH3 is 1. The average Bonchev–Trinajstić information content (AvgIpc) is 3.09. The highest BCUT2D eigenvalue weighted by Gasteiger charge is 2.21. The smallest absolute Gasteiger partial charge is 0.174 e. The Labute approximate surface area is 149 Å². The third-order valence-electron chi connectivity index (χ3n) is 3.79. The second-order valence-corrected chi connectivity index (χ2v) is 6.24. The Balaban J connectivity index is 2.13. The van der Waals surface area contributed by atoms with Gasteiger partial charge in [0.05, 0.1) is 19.4 Å². The maximum Gasteiger partial charge on any atom is 0.174 e. The summed E-state index contributed by atoms with van der Waals surface area (Å²) < 4.78 is 10.8. The standard InChI is InChI=1S/C18H25N3O2S/c1-14(17-9-6-12-23-17)21(11-10-20(2)3)18(24)19-15-7-5-8-16(13-15)22-4/h5-9,12-14H,10-11H2,1-4H3,(H,19,24)/t14-/m1/s1. The minimum Gasteiger partial charge on any atom is -0.497 e. The summed E-state index contributed by atoms with van der Waals surface area (Å²) in [5.74, 6) is 1.69. The highest BCUT2D eigenvalue weighted by Crippen LogP contribution is 2.23. The molecule has 0 fully saturated rings. The van der Waals surface area contributed by atoms with Gasteiger partial charge in [-0.25, -0.2) is 0 Å². The SMILES string of the molecule is COc1cccc(NC(=S)N(CCN(C)C)[C@H](C)c2ccco2)c1. The molecule has 0 spiro atoms. The minimum atomic E-state index is 0.0468. The van der Waals surface area contributed by atoms with Crippen LogP contribution in [0.25, 0.3) is 0 Å². The summed E-state index contributed by atoms with van der Waals surface area (Å²) in [6.07, 6.45) is 1.69. The fraction of sp³-hybridized carbons (Fsp3) is 0.389. The molecule has 0 aliphatic heterocycles. The lowest BCUT2D eigenvalue weighted by molar-refractivity contribution is 0.263. The Morgan fingerprint density at radius 1 is 1.25 bits per heavy atom. The van der Waals surface area contributed by atoms with E-state index in [4.69, 9.17) is 21.4 Å². The zero-order valence-electron chi connectivity index (χ0n) is 14.7. The molecule has 5 nitrogen and oxygen atoms in total. The number of benzene rings is 1. The van der Waals surface area contributed by atoms with Gasteiger partial charge in [-0.2, -0.15) is 0 Å². The van der Waals surface area contributed by atoms with E-state index in [9.17, 15) is 0 Å². The molecule has 0 radical (unpaired) electrons. The molecular formula is C18H25N3O2S. The number of thiocarbonyl (C=S) groups is 1. The summed E-state index contributed by atoms with van der Waals surface area (Å²) in [6.45, 7) is 3.78. The van der Waals surface area contributed by atoms with Crippen LogP contribution in [-0.4, -0.2) is 49.2 Å². The number of hydrogen-bond acceptors (Lipinski definition) is 4. The zero-order valence-corrected chi connectivity index (χ0v) is 15.5. The molecule has 6 heteroatoms. The summed E-state index contributed by atoms with van der Waals surface area (Å²) in [5, 5.41) is 3.96. The highest BCUT2D eigenvalue weighted by molar-refractivity contribution is 7.80. The van der Waals surface area contributed by atoms with E-state index in [1.54, 1.807) is 13.4 Å². The van der Waals surface area contributed by atoms with E-state index in [-0.39, 0.29) is 6.04 Å². The Morgan fingerprint density at radius 3 is 2.67 bits per heavy atom. The fourth-order valence-electron chi connectivity index (χ4n) is 2.36. The number of nitrogens with one attached hydrogen (secondary N) is 1. The third-order valence-corrected chi connectivity index (χ3v) is 4.13. The van der Waals surface area contributed by atoms with E-state index in [1.807, 2.05) is 50.5 Å². The highest BCUT2D eigenvalue weighted by atomic mass is 32.1. The molecule has 2 aromatic rings. The number of rotatable bonds is 7. The van der Waals surface area contributed by atoms with Crippen LogP contribution in [0.4, 0.5) is 5.69 Å². The van der Waals surface area contributed by atoms with Gasteiger partial charge in [0.15, 0.2) is 5.11 Å². The van der Waals surface area contributed by atoms with Crippen LogP contribution in [0.1, 0.15) is 18.7 Å². The van der Waals surface area contributed by atoms with Crippen LogP contribution >= 0.6 is 12.2 Å². The molecule has 0 saturated heterocycles. The van der Waals surface area contributed by atoms with Gasteiger partial charge in [-0.1, -0.05) is 6.07 Å². The van der Waals surface area contributed by atoms with Gasteiger partial charge in [0.1, 0.15) is 11.5 Å². The van der Waals surface area contributed by atoms with Crippen molar-refractivity contribution in [1.82, 2.24) is 9.80 Å². The van der Waals surface area contributed by atoms with Gasteiger partial charge in [-0.15, -0.1) is 0 Å². The number of furan rings is 1. The maximum atomic E-state index is 5.65. The first-order valence-corrected chi connectivity index (χ1v) is 8.32. The molecule has 1 aromatic carbocycles. The van der Waals surface area contributed by atoms with Crippen molar-refractivity contribution in [3.05, 3.63) is 48.4 Å². The number of hydrogen-bond donors (Lipinski definition) is 1. The topological polar surface area (TPSA) is 40.9 Å². The molecule has 1 N–H and O–H groups in total. The molecule has 0 aliphatic carbocycles. The minimum absolute atomic E-state index is 0.0468. The first-order chi connectivity index (χ1) is 11.5. The number of ether oxygens (including phenoxy) is 1. The number of anilines is 1. The molecule has 0 unspecified atom stereocenters. The second-order valence-electron chi connectivity index (χ2n) is 5.85. The number of likely N-dealkylation sites (N-methyl/N-ethyl adjacent to an activating group) is 1. The predicted molar refractivity (Wildman–Crippen MR) is 102 cm³/mol. The molecule has 1 heterocycles. The van der Waals surface area contributed by atoms with Crippen molar-refractivity contribution < 1.29 is 9.15 Å². The summed E-state index contributed by atoms with van der Waals surface area (Å²) in [4.78, 5) is 4.27. The van der Waals surface area contributed by atoms with Crippen LogP contribution < -0.4 is 10.1 Å². The fourth-order valence-corrected chi connectivity index (χ4v) is 2.72. The Bertz CT molecular complexity index is 643. The molecule has 0 aliphatic rings. The van der Waals surface area contributed by atoms with E-state index in [2.05, 4.69) is 22.0 Å². The lowest BCUT2D eigenvalue weighted by Crippen LogP contribution is -2.40. The van der Waals surface area contributed by atoms with Gasteiger partial charge in [-0.3, -0.25) is 0 Å². The Morgan fingerprint density at radius 2 is 2.04 bits per heavy atom. The summed E-state index contributed by atoms with van der Waals surface area (Å²) in [7, 11) is 5.75. The molecule has 130 valence electrons. The van der Waals surface area contributed by atoms with Gasteiger partial charge in [-0.05, 0) is 57.5 Å². The summed E-state index contributed by atoms with van der Waals surface area (Å²) in [6, 6.07) is 11.7. The summed E-state index contributed by atoms with van der Waals surface area (Å²) in [5.41, 5.74) is 0.904. The third kappa shape index (κ3) is 4.97. The first kappa shape index (κ1) is 18.3. The lowest BCUT2D eigenvalue weighted by Gasteiger charge is -2.31. The van der Waals surface area contributed by atoms with Crippen LogP contribution in [0.2, 0.25) is 0 Å². The van der Waals surface area contributed by atoms with E-state index in [0.29, 0.717) is 5.11 Å². The van der Waals surface area contributed by atoms with E-state index in [0.717, 1.165) is 30.3 Å². The van der Waals surface area contributed by atoms with Gasteiger partial charge in [0.25, 0.3) is 0 Å². The molecule has 1 atom stereocenters. The van der Waals surface area contributed by atoms with Crippen molar-refractivity contribution >= 4 is 23.0 Å². The largest absolute Gasteiger partial charge is 0.497 e. The normalized spacial score (nSPS) is 12.0. The first-order valence-electron chi connectivity index (χ1n) is 7.91. The lowest BCUT2D eigenvalue weighted by atomic mass is 10.2. The van der Waals surface area contributed by atoms with Crippen LogP contribution in [-0.2, 0) is 0 Å². The van der Waals surface area contributed by atoms with Crippen molar-refractivity contribution in [2.24, 2.45) is 0 Å².